The summed E-state index contributed by atoms with van der Waals surface area (Å²) in [5.41, 5.74) is 0.533. The third kappa shape index (κ3) is 4.76. The van der Waals surface area contributed by atoms with Gasteiger partial charge in [0.05, 0.1) is 10.5 Å². The maximum Gasteiger partial charge on any atom is 0.255 e. The van der Waals surface area contributed by atoms with Crippen LogP contribution < -0.4 is 0 Å². The standard InChI is InChI=1S/C18H28IN3O3S/c1-18(2,3)22-10-6-9-21(11-12-22)17(23)15-13-14(7-8-16(15)19)26(24,25)20(4)5/h7-8,13H,6,9-12H2,1-5H3. The Kier molecular flexibility index (Phi) is 6.74. The Morgan fingerprint density at radius 2 is 1.77 bits per heavy atom. The Morgan fingerprint density at radius 3 is 2.35 bits per heavy atom. The third-order valence-corrected chi connectivity index (χ3v) is 7.43. The second-order valence-electron chi connectivity index (χ2n) is 7.73. The Hall–Kier alpha value is -0.710. The van der Waals surface area contributed by atoms with Gasteiger partial charge in [-0.25, -0.2) is 12.7 Å². The summed E-state index contributed by atoms with van der Waals surface area (Å²) >= 11 is 2.09. The van der Waals surface area contributed by atoms with Gasteiger partial charge in [-0.3, -0.25) is 9.69 Å². The van der Waals surface area contributed by atoms with Crippen molar-refractivity contribution < 1.29 is 13.2 Å². The minimum Gasteiger partial charge on any atom is -0.337 e. The number of halogens is 1. The lowest BCUT2D eigenvalue weighted by Gasteiger charge is -2.34. The number of nitrogens with zero attached hydrogens (tertiary/aromatic N) is 3. The van der Waals surface area contributed by atoms with E-state index in [0.717, 1.165) is 27.4 Å². The van der Waals surface area contributed by atoms with E-state index in [1.807, 2.05) is 4.90 Å². The van der Waals surface area contributed by atoms with E-state index < -0.39 is 10.0 Å². The van der Waals surface area contributed by atoms with Crippen molar-refractivity contribution in [2.45, 2.75) is 37.6 Å². The lowest BCUT2D eigenvalue weighted by atomic mass is 10.1. The molecule has 1 aliphatic rings. The minimum atomic E-state index is -3.56. The van der Waals surface area contributed by atoms with Gasteiger partial charge in [0.25, 0.3) is 5.91 Å². The van der Waals surface area contributed by atoms with E-state index in [0.29, 0.717) is 18.7 Å². The largest absolute Gasteiger partial charge is 0.337 e. The zero-order valence-electron chi connectivity index (χ0n) is 16.1. The Labute approximate surface area is 170 Å². The van der Waals surface area contributed by atoms with E-state index in [4.69, 9.17) is 0 Å². The minimum absolute atomic E-state index is 0.0766. The third-order valence-electron chi connectivity index (χ3n) is 4.68. The quantitative estimate of drug-likeness (QED) is 0.608. The van der Waals surface area contributed by atoms with Crippen LogP contribution in [0.25, 0.3) is 0 Å². The van der Waals surface area contributed by atoms with Gasteiger partial charge in [-0.2, -0.15) is 0 Å². The van der Waals surface area contributed by atoms with Crippen molar-refractivity contribution in [2.75, 3.05) is 40.3 Å². The summed E-state index contributed by atoms with van der Waals surface area (Å²) in [5, 5.41) is 0. The summed E-state index contributed by atoms with van der Waals surface area (Å²) in [4.78, 5) is 17.5. The summed E-state index contributed by atoms with van der Waals surface area (Å²) in [6.07, 6.45) is 0.912. The maximum atomic E-state index is 13.1. The van der Waals surface area contributed by atoms with Crippen LogP contribution in [0.4, 0.5) is 0 Å². The molecule has 0 aliphatic carbocycles. The molecule has 0 N–H and O–H groups in total. The van der Waals surface area contributed by atoms with Gasteiger partial charge in [0.15, 0.2) is 0 Å². The molecule has 1 aliphatic heterocycles. The maximum absolute atomic E-state index is 13.1. The monoisotopic (exact) mass is 493 g/mol. The van der Waals surface area contributed by atoms with Crippen molar-refractivity contribution in [3.05, 3.63) is 27.3 Å². The van der Waals surface area contributed by atoms with Crippen molar-refractivity contribution in [1.82, 2.24) is 14.1 Å². The number of carbonyl (C=O) groups is 1. The second-order valence-corrected chi connectivity index (χ2v) is 11.0. The van der Waals surface area contributed by atoms with Gasteiger partial charge in [0.1, 0.15) is 0 Å². The van der Waals surface area contributed by atoms with E-state index in [-0.39, 0.29) is 16.3 Å². The van der Waals surface area contributed by atoms with Crippen LogP contribution in [0.15, 0.2) is 23.1 Å². The number of hydrogen-bond donors (Lipinski definition) is 0. The van der Waals surface area contributed by atoms with Gasteiger partial charge >= 0.3 is 0 Å². The molecular formula is C18H28IN3O3S. The van der Waals surface area contributed by atoms with Crippen LogP contribution in [0.3, 0.4) is 0 Å². The van der Waals surface area contributed by atoms with Crippen LogP contribution in [0.1, 0.15) is 37.6 Å². The SMILES string of the molecule is CN(C)S(=O)(=O)c1ccc(I)c(C(=O)N2CCCN(C(C)(C)C)CC2)c1. The highest BCUT2D eigenvalue weighted by Gasteiger charge is 2.28. The van der Waals surface area contributed by atoms with Gasteiger partial charge in [-0.15, -0.1) is 0 Å². The second kappa shape index (κ2) is 8.12. The first kappa shape index (κ1) is 21.6. The van der Waals surface area contributed by atoms with Crippen molar-refractivity contribution in [3.63, 3.8) is 0 Å². The zero-order valence-corrected chi connectivity index (χ0v) is 19.1. The molecule has 1 amide bonds. The molecule has 1 saturated heterocycles. The fraction of sp³-hybridized carbons (Fsp3) is 0.611. The van der Waals surface area contributed by atoms with Crippen LogP contribution in [-0.2, 0) is 10.0 Å². The summed E-state index contributed by atoms with van der Waals surface area (Å²) in [5.74, 6) is -0.0963. The van der Waals surface area contributed by atoms with Gasteiger partial charge in [0.2, 0.25) is 10.0 Å². The molecule has 6 nitrogen and oxygen atoms in total. The molecular weight excluding hydrogens is 465 g/mol. The first-order chi connectivity index (χ1) is 11.9. The lowest BCUT2D eigenvalue weighted by Crippen LogP contribution is -2.44. The summed E-state index contributed by atoms with van der Waals surface area (Å²) < 4.78 is 26.7. The predicted molar refractivity (Wildman–Crippen MR) is 112 cm³/mol. The molecule has 1 heterocycles. The molecule has 26 heavy (non-hydrogen) atoms. The molecule has 0 radical (unpaired) electrons. The first-order valence-electron chi connectivity index (χ1n) is 8.71. The Morgan fingerprint density at radius 1 is 1.12 bits per heavy atom. The summed E-state index contributed by atoms with van der Waals surface area (Å²) in [7, 11) is -0.583. The van der Waals surface area contributed by atoms with Gasteiger partial charge in [-0.1, -0.05) is 0 Å². The molecule has 8 heteroatoms. The van der Waals surface area contributed by atoms with Crippen molar-refractivity contribution in [2.24, 2.45) is 0 Å². The lowest BCUT2D eigenvalue weighted by molar-refractivity contribution is 0.0748. The van der Waals surface area contributed by atoms with E-state index in [1.165, 1.54) is 20.2 Å². The fourth-order valence-electron chi connectivity index (χ4n) is 3.00. The molecule has 146 valence electrons. The first-order valence-corrected chi connectivity index (χ1v) is 11.2. The van der Waals surface area contributed by atoms with Crippen molar-refractivity contribution in [3.8, 4) is 0 Å². The molecule has 1 aromatic rings. The molecule has 0 aromatic heterocycles. The zero-order chi connectivity index (χ0) is 19.7. The summed E-state index contributed by atoms with van der Waals surface area (Å²) in [6.45, 7) is 9.67. The number of benzene rings is 1. The smallest absolute Gasteiger partial charge is 0.255 e. The van der Waals surface area contributed by atoms with Crippen LogP contribution in [0.2, 0.25) is 0 Å². The number of carbonyl (C=O) groups excluding carboxylic acids is 1. The highest BCUT2D eigenvalue weighted by atomic mass is 127. The van der Waals surface area contributed by atoms with E-state index >= 15 is 0 Å². The van der Waals surface area contributed by atoms with E-state index in [1.54, 1.807) is 12.1 Å². The van der Waals surface area contributed by atoms with Crippen molar-refractivity contribution >= 4 is 38.5 Å². The normalized spacial score (nSPS) is 17.4. The molecule has 0 spiro atoms. The number of sulfonamides is 1. The number of rotatable bonds is 3. The highest BCUT2D eigenvalue weighted by Crippen LogP contribution is 2.23. The van der Waals surface area contributed by atoms with Gasteiger partial charge < -0.3 is 4.90 Å². The number of hydrogen-bond acceptors (Lipinski definition) is 4. The van der Waals surface area contributed by atoms with Crippen LogP contribution in [0.5, 0.6) is 0 Å². The number of amides is 1. The molecule has 0 unspecified atom stereocenters. The molecule has 2 rings (SSSR count). The Balaban J connectivity index is 2.27. The van der Waals surface area contributed by atoms with Crippen LogP contribution >= 0.6 is 22.6 Å². The molecule has 1 fully saturated rings. The molecule has 0 atom stereocenters. The average molecular weight is 493 g/mol. The van der Waals surface area contributed by atoms with Crippen molar-refractivity contribution in [1.29, 1.82) is 0 Å². The molecule has 1 aromatic carbocycles. The summed E-state index contributed by atoms with van der Waals surface area (Å²) in [6, 6.07) is 4.76. The topological polar surface area (TPSA) is 60.9 Å². The van der Waals surface area contributed by atoms with E-state index in [2.05, 4.69) is 48.3 Å². The molecule has 0 bridgehead atoms. The van der Waals surface area contributed by atoms with Crippen LogP contribution in [-0.4, -0.2) is 74.2 Å². The van der Waals surface area contributed by atoms with Crippen LogP contribution in [0, 0.1) is 3.57 Å². The average Bonchev–Trinajstić information content (AvgIpc) is 2.80. The van der Waals surface area contributed by atoms with Gasteiger partial charge in [-0.05, 0) is 68.0 Å². The highest BCUT2D eigenvalue weighted by molar-refractivity contribution is 14.1. The Bertz CT molecular complexity index is 772. The predicted octanol–water partition coefficient (Wildman–Crippen LogP) is 2.49. The van der Waals surface area contributed by atoms with E-state index in [9.17, 15) is 13.2 Å². The fourth-order valence-corrected chi connectivity index (χ4v) is 4.50. The van der Waals surface area contributed by atoms with Gasteiger partial charge in [0, 0.05) is 49.4 Å². The molecule has 0 saturated carbocycles.